The quantitative estimate of drug-likeness (QED) is 0.589. The lowest BCUT2D eigenvalue weighted by atomic mass is 10.0. The van der Waals surface area contributed by atoms with Crippen LogP contribution in [0, 0.1) is 0 Å². The molecule has 0 atom stereocenters. The van der Waals surface area contributed by atoms with E-state index in [4.69, 9.17) is 4.74 Å². The highest BCUT2D eigenvalue weighted by Gasteiger charge is 2.27. The minimum Gasteiger partial charge on any atom is -0.497 e. The Morgan fingerprint density at radius 1 is 1.03 bits per heavy atom. The van der Waals surface area contributed by atoms with E-state index in [2.05, 4.69) is 36.9 Å². The molecule has 8 nitrogen and oxygen atoms in total. The maximum absolute atomic E-state index is 12.6. The van der Waals surface area contributed by atoms with Crippen molar-refractivity contribution >= 4 is 23.1 Å². The van der Waals surface area contributed by atoms with Gasteiger partial charge >= 0.3 is 0 Å². The van der Waals surface area contributed by atoms with Gasteiger partial charge in [-0.1, -0.05) is 0 Å². The number of amides is 1. The van der Waals surface area contributed by atoms with Crippen LogP contribution in [-0.2, 0) is 6.54 Å². The van der Waals surface area contributed by atoms with Crippen molar-refractivity contribution in [3.8, 4) is 17.0 Å². The number of fused-ring (bicyclic) bond motifs is 1. The van der Waals surface area contributed by atoms with Crippen LogP contribution in [0.25, 0.3) is 11.3 Å². The minimum atomic E-state index is -0.105. The van der Waals surface area contributed by atoms with E-state index in [-0.39, 0.29) is 5.91 Å². The predicted octanol–water partition coefficient (Wildman–Crippen LogP) is 2.55. The number of hydrogen-bond donors (Lipinski definition) is 3. The van der Waals surface area contributed by atoms with Crippen LogP contribution >= 0.6 is 0 Å². The summed E-state index contributed by atoms with van der Waals surface area (Å²) in [5, 5.41) is 9.55. The number of carbonyl (C=O) groups is 1. The van der Waals surface area contributed by atoms with Crippen LogP contribution in [0.3, 0.4) is 0 Å². The molecule has 3 N–H and O–H groups in total. The van der Waals surface area contributed by atoms with E-state index in [1.807, 2.05) is 36.5 Å². The Balaban J connectivity index is 1.42. The monoisotopic (exact) mass is 416 g/mol. The molecule has 0 spiro atoms. The fourth-order valence-corrected chi connectivity index (χ4v) is 4.04. The molecule has 4 heterocycles. The number of carbonyl (C=O) groups excluding carboxylic acids is 1. The van der Waals surface area contributed by atoms with Crippen molar-refractivity contribution in [3.05, 3.63) is 59.9 Å². The van der Waals surface area contributed by atoms with Crippen LogP contribution in [0.4, 0.5) is 17.2 Å². The molecule has 1 amide bonds. The molecule has 158 valence electrons. The molecule has 8 heteroatoms. The zero-order chi connectivity index (χ0) is 21.2. The van der Waals surface area contributed by atoms with E-state index in [0.29, 0.717) is 23.6 Å². The highest BCUT2D eigenvalue weighted by atomic mass is 16.5. The van der Waals surface area contributed by atoms with Gasteiger partial charge in [0.15, 0.2) is 0 Å². The van der Waals surface area contributed by atoms with Gasteiger partial charge in [0.2, 0.25) is 0 Å². The van der Waals surface area contributed by atoms with E-state index in [1.165, 1.54) is 0 Å². The summed E-state index contributed by atoms with van der Waals surface area (Å²) in [5.41, 5.74) is 5.00. The lowest BCUT2D eigenvalue weighted by molar-refractivity contribution is 0.0966. The second-order valence-corrected chi connectivity index (χ2v) is 7.55. The largest absolute Gasteiger partial charge is 0.497 e. The number of aromatic nitrogens is 2. The van der Waals surface area contributed by atoms with Crippen LogP contribution in [0.1, 0.15) is 15.9 Å². The van der Waals surface area contributed by atoms with Crippen molar-refractivity contribution in [1.82, 2.24) is 20.6 Å². The topological polar surface area (TPSA) is 91.4 Å². The number of nitrogens with zero attached hydrogens (tertiary/aromatic N) is 3. The standard InChI is InChI=1S/C23H24N6O2/c1-31-17-5-2-15(3-6-17)22-18-13-27-23(30)21(18)19(14-26-22)28-20-7-4-16(12-25-20)29-10-8-24-9-11-29/h2-7,12,14,24H,8-11,13H2,1H3,(H,25,28)(H,27,30). The lowest BCUT2D eigenvalue weighted by Crippen LogP contribution is -2.43. The van der Waals surface area contributed by atoms with Gasteiger partial charge in [0.05, 0.1) is 42.1 Å². The van der Waals surface area contributed by atoms with Gasteiger partial charge in [0.25, 0.3) is 5.91 Å². The smallest absolute Gasteiger partial charge is 0.254 e. The fourth-order valence-electron chi connectivity index (χ4n) is 4.04. The Hall–Kier alpha value is -3.65. The van der Waals surface area contributed by atoms with Gasteiger partial charge < -0.3 is 25.6 Å². The van der Waals surface area contributed by atoms with Crippen molar-refractivity contribution in [1.29, 1.82) is 0 Å². The van der Waals surface area contributed by atoms with Crippen molar-refractivity contribution in [2.24, 2.45) is 0 Å². The van der Waals surface area contributed by atoms with Crippen molar-refractivity contribution < 1.29 is 9.53 Å². The van der Waals surface area contributed by atoms with Gasteiger partial charge in [-0.05, 0) is 36.4 Å². The maximum atomic E-state index is 12.6. The molecule has 0 bridgehead atoms. The molecule has 0 radical (unpaired) electrons. The first-order chi connectivity index (χ1) is 15.2. The third-order valence-corrected chi connectivity index (χ3v) is 5.69. The van der Waals surface area contributed by atoms with Crippen LogP contribution in [0.2, 0.25) is 0 Å². The van der Waals surface area contributed by atoms with Gasteiger partial charge in [-0.3, -0.25) is 9.78 Å². The SMILES string of the molecule is COc1ccc(-c2ncc(Nc3ccc(N4CCNCC4)cn3)c3c2CNC3=O)cc1. The Morgan fingerprint density at radius 3 is 2.55 bits per heavy atom. The molecule has 1 fully saturated rings. The first-order valence-corrected chi connectivity index (χ1v) is 10.4. The van der Waals surface area contributed by atoms with E-state index in [0.717, 1.165) is 54.4 Å². The summed E-state index contributed by atoms with van der Waals surface area (Å²) < 4.78 is 5.24. The van der Waals surface area contributed by atoms with Crippen molar-refractivity contribution in [2.75, 3.05) is 43.5 Å². The molecule has 2 aliphatic rings. The average Bonchev–Trinajstić information content (AvgIpc) is 3.22. The zero-order valence-electron chi connectivity index (χ0n) is 17.3. The van der Waals surface area contributed by atoms with Crippen LogP contribution in [0.15, 0.2) is 48.8 Å². The number of pyridine rings is 2. The van der Waals surface area contributed by atoms with Crippen molar-refractivity contribution in [2.45, 2.75) is 6.54 Å². The van der Waals surface area contributed by atoms with Gasteiger partial charge in [0.1, 0.15) is 11.6 Å². The van der Waals surface area contributed by atoms with E-state index < -0.39 is 0 Å². The van der Waals surface area contributed by atoms with E-state index in [1.54, 1.807) is 13.3 Å². The summed E-state index contributed by atoms with van der Waals surface area (Å²) in [5.74, 6) is 1.36. The van der Waals surface area contributed by atoms with Gasteiger partial charge in [-0.15, -0.1) is 0 Å². The summed E-state index contributed by atoms with van der Waals surface area (Å²) in [4.78, 5) is 24.1. The molecule has 1 aromatic carbocycles. The summed E-state index contributed by atoms with van der Waals surface area (Å²) >= 11 is 0. The Kier molecular flexibility index (Phi) is 5.13. The summed E-state index contributed by atoms with van der Waals surface area (Å²) in [7, 11) is 1.64. The molecule has 2 aromatic heterocycles. The Morgan fingerprint density at radius 2 is 1.84 bits per heavy atom. The second kappa shape index (κ2) is 8.23. The van der Waals surface area contributed by atoms with Gasteiger partial charge in [-0.2, -0.15) is 0 Å². The van der Waals surface area contributed by atoms with Crippen molar-refractivity contribution in [3.63, 3.8) is 0 Å². The van der Waals surface area contributed by atoms with Crippen LogP contribution < -0.4 is 25.6 Å². The lowest BCUT2D eigenvalue weighted by Gasteiger charge is -2.29. The first-order valence-electron chi connectivity index (χ1n) is 10.4. The zero-order valence-corrected chi connectivity index (χ0v) is 17.3. The van der Waals surface area contributed by atoms with E-state index in [9.17, 15) is 4.79 Å². The average molecular weight is 416 g/mol. The molecule has 1 saturated heterocycles. The van der Waals surface area contributed by atoms with E-state index >= 15 is 0 Å². The summed E-state index contributed by atoms with van der Waals surface area (Å²) in [6.07, 6.45) is 3.57. The number of benzene rings is 1. The minimum absolute atomic E-state index is 0.105. The Bertz CT molecular complexity index is 1090. The highest BCUT2D eigenvalue weighted by molar-refractivity contribution is 6.05. The fraction of sp³-hybridized carbons (Fsp3) is 0.261. The summed E-state index contributed by atoms with van der Waals surface area (Å²) in [6, 6.07) is 11.7. The highest BCUT2D eigenvalue weighted by Crippen LogP contribution is 2.33. The molecule has 0 saturated carbocycles. The number of ether oxygens (including phenoxy) is 1. The maximum Gasteiger partial charge on any atom is 0.254 e. The number of hydrogen-bond acceptors (Lipinski definition) is 7. The first kappa shape index (κ1) is 19.3. The Labute approximate surface area is 180 Å². The molecule has 31 heavy (non-hydrogen) atoms. The molecular formula is C23H24N6O2. The summed E-state index contributed by atoms with van der Waals surface area (Å²) in [6.45, 7) is 4.35. The number of piperazine rings is 1. The molecule has 5 rings (SSSR count). The third-order valence-electron chi connectivity index (χ3n) is 5.69. The molecule has 0 unspecified atom stereocenters. The van der Waals surface area contributed by atoms with Crippen LogP contribution in [-0.4, -0.2) is 49.2 Å². The predicted molar refractivity (Wildman–Crippen MR) is 120 cm³/mol. The van der Waals surface area contributed by atoms with Crippen LogP contribution in [0.5, 0.6) is 5.75 Å². The molecule has 2 aliphatic heterocycles. The molecular weight excluding hydrogens is 392 g/mol. The third kappa shape index (κ3) is 3.77. The number of nitrogens with one attached hydrogen (secondary N) is 3. The second-order valence-electron chi connectivity index (χ2n) is 7.55. The van der Waals surface area contributed by atoms with Gasteiger partial charge in [-0.25, -0.2) is 4.98 Å². The molecule has 3 aromatic rings. The van der Waals surface area contributed by atoms with Gasteiger partial charge in [0, 0.05) is 43.9 Å². The number of methoxy groups -OCH3 is 1. The molecule has 0 aliphatic carbocycles. The normalized spacial score (nSPS) is 15.4. The number of anilines is 3. The number of rotatable bonds is 5.